The average molecular weight is 551 g/mol. The highest BCUT2D eigenvalue weighted by molar-refractivity contribution is 5.99. The molecule has 1 fully saturated rings. The van der Waals surface area contributed by atoms with Gasteiger partial charge in [0, 0.05) is 57.7 Å². The van der Waals surface area contributed by atoms with E-state index in [2.05, 4.69) is 44.4 Å². The quantitative estimate of drug-likeness (QED) is 0.363. The molecule has 0 spiro atoms. The number of alkyl halides is 3. The van der Waals surface area contributed by atoms with Gasteiger partial charge in [0.05, 0.1) is 11.8 Å². The zero-order valence-electron chi connectivity index (χ0n) is 22.2. The van der Waals surface area contributed by atoms with Gasteiger partial charge < -0.3 is 10.2 Å². The summed E-state index contributed by atoms with van der Waals surface area (Å²) in [6.07, 6.45) is -1.03. The van der Waals surface area contributed by atoms with Gasteiger partial charge in [-0.15, -0.1) is 0 Å². The molecular weight excluding hydrogens is 521 g/mol. The topological polar surface area (TPSA) is 82.7 Å². The van der Waals surface area contributed by atoms with Crippen molar-refractivity contribution in [3.05, 3.63) is 77.4 Å². The summed E-state index contributed by atoms with van der Waals surface area (Å²) in [4.78, 5) is 21.2. The number of carbonyl (C=O) groups is 1. The van der Waals surface area contributed by atoms with E-state index in [4.69, 9.17) is 0 Å². The summed E-state index contributed by atoms with van der Waals surface area (Å²) < 4.78 is 45.1. The maximum Gasteiger partial charge on any atom is 0.416 e. The van der Waals surface area contributed by atoms with Crippen LogP contribution in [0.4, 0.5) is 29.5 Å². The molecule has 0 unspecified atom stereocenters. The Morgan fingerprint density at radius 2 is 1.75 bits per heavy atom. The molecule has 1 aliphatic heterocycles. The van der Waals surface area contributed by atoms with E-state index < -0.39 is 17.8 Å². The fourth-order valence-electron chi connectivity index (χ4n) is 4.64. The molecule has 0 saturated carbocycles. The van der Waals surface area contributed by atoms with Crippen molar-refractivity contribution in [1.29, 1.82) is 0 Å². The van der Waals surface area contributed by atoms with Gasteiger partial charge in [0.15, 0.2) is 5.82 Å². The molecule has 2 amide bonds. The Balaban J connectivity index is 1.25. The van der Waals surface area contributed by atoms with Gasteiger partial charge in [-0.2, -0.15) is 18.3 Å². The van der Waals surface area contributed by atoms with Crippen LogP contribution in [0.3, 0.4) is 0 Å². The maximum atomic E-state index is 13.9. The molecule has 9 nitrogen and oxygen atoms in total. The fraction of sp³-hybridized carbons (Fsp3) is 0.321. The molecule has 1 aromatic carbocycles. The number of piperazine rings is 1. The number of aromatic nitrogens is 4. The Labute approximate surface area is 229 Å². The number of nitrogens with one attached hydrogen (secondary N) is 2. The van der Waals surface area contributed by atoms with Crippen LogP contribution in [0.25, 0.3) is 5.65 Å². The predicted octanol–water partition coefficient (Wildman–Crippen LogP) is 4.27. The molecule has 3 aromatic heterocycles. The van der Waals surface area contributed by atoms with Gasteiger partial charge in [-0.25, -0.2) is 9.78 Å². The number of nitrogens with zero attached hydrogens (tertiary/aromatic N) is 6. The summed E-state index contributed by atoms with van der Waals surface area (Å²) in [5.74, 6) is 6.26. The van der Waals surface area contributed by atoms with Crippen molar-refractivity contribution in [3.8, 4) is 11.8 Å². The van der Waals surface area contributed by atoms with E-state index in [1.165, 1.54) is 16.8 Å². The summed E-state index contributed by atoms with van der Waals surface area (Å²) in [5.41, 5.74) is 1.45. The molecule has 40 heavy (non-hydrogen) atoms. The summed E-state index contributed by atoms with van der Waals surface area (Å²) in [6.45, 7) is 6.29. The number of rotatable bonds is 5. The number of imidazole rings is 1. The van der Waals surface area contributed by atoms with Gasteiger partial charge in [-0.05, 0) is 48.2 Å². The number of amides is 2. The first kappa shape index (κ1) is 27.2. The van der Waals surface area contributed by atoms with Crippen LogP contribution in [-0.2, 0) is 19.8 Å². The van der Waals surface area contributed by atoms with Gasteiger partial charge in [0.2, 0.25) is 0 Å². The molecule has 0 bridgehead atoms. The summed E-state index contributed by atoms with van der Waals surface area (Å²) >= 11 is 0. The third-order valence-corrected chi connectivity index (χ3v) is 6.84. The lowest BCUT2D eigenvalue weighted by molar-refractivity contribution is -0.138. The number of aryl methyl sites for hydroxylation is 1. The van der Waals surface area contributed by atoms with E-state index in [1.54, 1.807) is 19.3 Å². The van der Waals surface area contributed by atoms with Crippen molar-refractivity contribution in [3.63, 3.8) is 0 Å². The van der Waals surface area contributed by atoms with Gasteiger partial charge in [0.1, 0.15) is 17.0 Å². The first-order chi connectivity index (χ1) is 19.2. The Bertz CT molecular complexity index is 1570. The Morgan fingerprint density at radius 3 is 2.50 bits per heavy atom. The minimum Gasteiger partial charge on any atom is -0.308 e. The Hall–Kier alpha value is -4.34. The SMILES string of the molecule is CCN1CCN(Cc2ccc(NC(=O)Nc3cc(C#Cc4cnc5ccccn45)n(C)n3)cc2C(F)(F)F)CC1. The number of carbonyl (C=O) groups excluding carboxylic acids is 1. The number of likely N-dealkylation sites (N-methyl/N-ethyl adjacent to an activating group) is 1. The number of benzene rings is 1. The zero-order chi connectivity index (χ0) is 28.3. The predicted molar refractivity (Wildman–Crippen MR) is 146 cm³/mol. The lowest BCUT2D eigenvalue weighted by Crippen LogP contribution is -2.45. The van der Waals surface area contributed by atoms with E-state index in [9.17, 15) is 18.0 Å². The number of halogens is 3. The standard InChI is InChI=1S/C28H29F3N8O/c1-3-37-12-14-38(15-13-37)19-20-7-8-21(16-24(20)28(29,30)31)33-27(40)34-25-17-22(36(2)35-25)9-10-23-18-32-26-6-4-5-11-39(23)26/h4-8,11,16-18H,3,12-15,19H2,1-2H3,(H2,33,34,35,40). The van der Waals surface area contributed by atoms with Crippen LogP contribution in [0.1, 0.15) is 29.4 Å². The third-order valence-electron chi connectivity index (χ3n) is 6.84. The second-order valence-electron chi connectivity index (χ2n) is 9.52. The van der Waals surface area contributed by atoms with Crippen molar-refractivity contribution in [2.24, 2.45) is 7.05 Å². The number of hydrogen-bond acceptors (Lipinski definition) is 5. The van der Waals surface area contributed by atoms with Crippen molar-refractivity contribution < 1.29 is 18.0 Å². The molecule has 0 radical (unpaired) electrons. The van der Waals surface area contributed by atoms with Gasteiger partial charge in [-0.3, -0.25) is 19.3 Å². The molecule has 0 atom stereocenters. The van der Waals surface area contributed by atoms with Gasteiger partial charge in [0.25, 0.3) is 0 Å². The van der Waals surface area contributed by atoms with E-state index in [0.717, 1.165) is 31.3 Å². The molecule has 4 aromatic rings. The van der Waals surface area contributed by atoms with Crippen LogP contribution >= 0.6 is 0 Å². The molecule has 1 saturated heterocycles. The highest BCUT2D eigenvalue weighted by Crippen LogP contribution is 2.34. The van der Waals surface area contributed by atoms with Crippen LogP contribution in [0.5, 0.6) is 0 Å². The second-order valence-corrected chi connectivity index (χ2v) is 9.52. The van der Waals surface area contributed by atoms with Crippen LogP contribution in [0, 0.1) is 11.8 Å². The van der Waals surface area contributed by atoms with Crippen LogP contribution < -0.4 is 10.6 Å². The molecule has 4 heterocycles. The second kappa shape index (κ2) is 11.4. The first-order valence-corrected chi connectivity index (χ1v) is 12.9. The highest BCUT2D eigenvalue weighted by Gasteiger charge is 2.34. The molecule has 1 aliphatic rings. The summed E-state index contributed by atoms with van der Waals surface area (Å²) in [6, 6.07) is 10.4. The van der Waals surface area contributed by atoms with Crippen molar-refractivity contribution in [1.82, 2.24) is 29.0 Å². The van der Waals surface area contributed by atoms with Crippen molar-refractivity contribution in [2.75, 3.05) is 43.4 Å². The van der Waals surface area contributed by atoms with E-state index in [1.807, 2.05) is 33.7 Å². The first-order valence-electron chi connectivity index (χ1n) is 12.9. The normalized spacial score (nSPS) is 14.6. The smallest absolute Gasteiger partial charge is 0.308 e. The molecule has 12 heteroatoms. The molecule has 208 valence electrons. The minimum atomic E-state index is -4.55. The molecule has 2 N–H and O–H groups in total. The molecule has 5 rings (SSSR count). The van der Waals surface area contributed by atoms with E-state index >= 15 is 0 Å². The van der Waals surface area contributed by atoms with Crippen molar-refractivity contribution in [2.45, 2.75) is 19.6 Å². The zero-order valence-corrected chi connectivity index (χ0v) is 22.2. The number of fused-ring (bicyclic) bond motifs is 1. The highest BCUT2D eigenvalue weighted by atomic mass is 19.4. The number of pyridine rings is 1. The average Bonchev–Trinajstić information content (AvgIpc) is 3.50. The largest absolute Gasteiger partial charge is 0.416 e. The number of hydrogen-bond donors (Lipinski definition) is 2. The maximum absolute atomic E-state index is 13.9. The summed E-state index contributed by atoms with van der Waals surface area (Å²) in [7, 11) is 1.68. The third kappa shape index (κ3) is 6.27. The Kier molecular flexibility index (Phi) is 7.77. The monoisotopic (exact) mass is 550 g/mol. The van der Waals surface area contributed by atoms with E-state index in [0.29, 0.717) is 24.5 Å². The van der Waals surface area contributed by atoms with Gasteiger partial charge >= 0.3 is 12.2 Å². The number of anilines is 2. The van der Waals surface area contributed by atoms with Crippen LogP contribution in [0.15, 0.2) is 54.9 Å². The molecule has 0 aliphatic carbocycles. The minimum absolute atomic E-state index is 0.0351. The van der Waals surface area contributed by atoms with E-state index in [-0.39, 0.29) is 23.6 Å². The fourth-order valence-corrected chi connectivity index (χ4v) is 4.64. The number of urea groups is 1. The van der Waals surface area contributed by atoms with Crippen molar-refractivity contribution >= 4 is 23.2 Å². The lowest BCUT2D eigenvalue weighted by atomic mass is 10.0. The van der Waals surface area contributed by atoms with Crippen LogP contribution in [-0.4, -0.2) is 67.7 Å². The summed E-state index contributed by atoms with van der Waals surface area (Å²) in [5, 5.41) is 9.28. The van der Waals surface area contributed by atoms with Crippen LogP contribution in [0.2, 0.25) is 0 Å². The Morgan fingerprint density at radius 1 is 1.00 bits per heavy atom. The van der Waals surface area contributed by atoms with Gasteiger partial charge in [-0.1, -0.05) is 19.1 Å². The molecular formula is C28H29F3N8O. The lowest BCUT2D eigenvalue weighted by Gasteiger charge is -2.34.